The number of aliphatic hydroxyl groups is 1. The number of benzene rings is 1. The summed E-state index contributed by atoms with van der Waals surface area (Å²) in [5.74, 6) is 1.47. The molecule has 1 spiro atoms. The average molecular weight is 583 g/mol. The molecule has 0 radical (unpaired) electrons. The predicted octanol–water partition coefficient (Wildman–Crippen LogP) is 3.44. The van der Waals surface area contributed by atoms with Gasteiger partial charge in [0.15, 0.2) is 11.5 Å². The van der Waals surface area contributed by atoms with Gasteiger partial charge < -0.3 is 25.0 Å². The topological polar surface area (TPSA) is 114 Å². The van der Waals surface area contributed by atoms with Gasteiger partial charge >= 0.3 is 0 Å². The van der Waals surface area contributed by atoms with Crippen LogP contribution in [-0.4, -0.2) is 79.3 Å². The second-order valence-corrected chi connectivity index (χ2v) is 12.4. The molecular formula is C32H38N8O3. The summed E-state index contributed by atoms with van der Waals surface area (Å²) in [6.45, 7) is 13.4. The molecule has 0 saturated carbocycles. The standard InChI is InChI=1S/C32H38N8O3/c1-4-14-39-29(41)25-19-33-30(36-28(25)40(39)27-7-5-6-26(35-27)31(2,3)42)34-23-8-10-24(11-9-23)38-17-18-43-32(21-38)20-37-15-12-22(32)13-16-37/h4-11,19,22,42H,1,12-18,20-21H2,2-3H3,(H,33,34,36). The van der Waals surface area contributed by atoms with Crippen molar-refractivity contribution >= 4 is 28.4 Å². The molecule has 4 aliphatic heterocycles. The summed E-state index contributed by atoms with van der Waals surface area (Å²) in [6, 6.07) is 13.7. The zero-order chi connectivity index (χ0) is 29.8. The molecule has 0 amide bonds. The lowest BCUT2D eigenvalue weighted by Crippen LogP contribution is -2.67. The molecule has 4 fully saturated rings. The summed E-state index contributed by atoms with van der Waals surface area (Å²) in [4.78, 5) is 32.2. The van der Waals surface area contributed by atoms with Gasteiger partial charge in [0.1, 0.15) is 16.6 Å². The summed E-state index contributed by atoms with van der Waals surface area (Å²) >= 11 is 0. The molecule has 1 unspecified atom stereocenters. The zero-order valence-electron chi connectivity index (χ0n) is 24.7. The number of anilines is 3. The second kappa shape index (κ2) is 10.6. The first kappa shape index (κ1) is 27.8. The van der Waals surface area contributed by atoms with Gasteiger partial charge in [0, 0.05) is 37.2 Å². The minimum absolute atomic E-state index is 0.0615. The van der Waals surface area contributed by atoms with Crippen molar-refractivity contribution in [3.63, 3.8) is 0 Å². The Bertz CT molecular complexity index is 1720. The molecule has 1 aromatic carbocycles. The monoisotopic (exact) mass is 582 g/mol. The molecule has 4 aromatic rings. The molecule has 4 aliphatic rings. The number of ether oxygens (including phenoxy) is 1. The second-order valence-electron chi connectivity index (χ2n) is 12.4. The molecule has 1 atom stereocenters. The third-order valence-corrected chi connectivity index (χ3v) is 9.08. The van der Waals surface area contributed by atoms with Gasteiger partial charge in [0.25, 0.3) is 5.56 Å². The van der Waals surface area contributed by atoms with Crippen molar-refractivity contribution in [2.75, 3.05) is 49.5 Å². The van der Waals surface area contributed by atoms with Crippen LogP contribution in [-0.2, 0) is 16.9 Å². The summed E-state index contributed by atoms with van der Waals surface area (Å²) in [5, 5.41) is 14.2. The van der Waals surface area contributed by atoms with E-state index < -0.39 is 5.60 Å². The fourth-order valence-corrected chi connectivity index (χ4v) is 6.87. The molecule has 11 heteroatoms. The summed E-state index contributed by atoms with van der Waals surface area (Å²) in [7, 11) is 0. The van der Waals surface area contributed by atoms with E-state index in [4.69, 9.17) is 9.72 Å². The Kier molecular flexibility index (Phi) is 6.83. The lowest BCUT2D eigenvalue weighted by molar-refractivity contribution is -0.157. The molecule has 4 saturated heterocycles. The Morgan fingerprint density at radius 1 is 1.12 bits per heavy atom. The van der Waals surface area contributed by atoms with Crippen LogP contribution in [0.5, 0.6) is 0 Å². The van der Waals surface area contributed by atoms with Crippen LogP contribution in [0.2, 0.25) is 0 Å². The Labute approximate surface area is 250 Å². The highest BCUT2D eigenvalue weighted by atomic mass is 16.5. The molecule has 2 bridgehead atoms. The number of allylic oxidation sites excluding steroid dienone is 1. The van der Waals surface area contributed by atoms with Crippen molar-refractivity contribution in [1.82, 2.24) is 29.2 Å². The van der Waals surface area contributed by atoms with E-state index in [1.807, 2.05) is 12.1 Å². The molecule has 2 N–H and O–H groups in total. The van der Waals surface area contributed by atoms with E-state index in [0.29, 0.717) is 34.4 Å². The minimum atomic E-state index is -1.15. The van der Waals surface area contributed by atoms with E-state index in [1.54, 1.807) is 49.0 Å². The molecule has 43 heavy (non-hydrogen) atoms. The largest absolute Gasteiger partial charge is 0.384 e. The van der Waals surface area contributed by atoms with Gasteiger partial charge in [-0.2, -0.15) is 4.98 Å². The van der Waals surface area contributed by atoms with E-state index in [1.165, 1.54) is 36.3 Å². The lowest BCUT2D eigenvalue weighted by Gasteiger charge is -2.56. The van der Waals surface area contributed by atoms with E-state index in [9.17, 15) is 9.90 Å². The molecule has 8 rings (SSSR count). The Morgan fingerprint density at radius 3 is 2.60 bits per heavy atom. The zero-order valence-corrected chi connectivity index (χ0v) is 24.7. The number of aromatic nitrogens is 5. The number of hydrogen-bond acceptors (Lipinski definition) is 9. The average Bonchev–Trinajstić information content (AvgIpc) is 3.28. The Balaban J connectivity index is 1.16. The van der Waals surface area contributed by atoms with Crippen LogP contribution in [0.15, 0.2) is 66.1 Å². The van der Waals surface area contributed by atoms with Gasteiger partial charge in [0.05, 0.1) is 18.8 Å². The summed E-state index contributed by atoms with van der Waals surface area (Å²) in [6.07, 6.45) is 5.65. The first-order chi connectivity index (χ1) is 20.7. The third kappa shape index (κ3) is 5.01. The van der Waals surface area contributed by atoms with Gasteiger partial charge in [-0.25, -0.2) is 19.3 Å². The van der Waals surface area contributed by atoms with Gasteiger partial charge in [-0.3, -0.25) is 4.79 Å². The maximum Gasteiger partial charge on any atom is 0.278 e. The molecule has 3 aromatic heterocycles. The van der Waals surface area contributed by atoms with Crippen molar-refractivity contribution in [2.45, 2.75) is 44.4 Å². The van der Waals surface area contributed by atoms with Gasteiger partial charge in [-0.15, -0.1) is 6.58 Å². The van der Waals surface area contributed by atoms with Crippen molar-refractivity contribution in [3.8, 4) is 5.82 Å². The number of nitrogens with zero attached hydrogens (tertiary/aromatic N) is 7. The summed E-state index contributed by atoms with van der Waals surface area (Å²) in [5.41, 5.74) is 1.46. The summed E-state index contributed by atoms with van der Waals surface area (Å²) < 4.78 is 9.64. The first-order valence-electron chi connectivity index (χ1n) is 15.0. The normalized spacial score (nSPS) is 23.7. The number of hydrogen-bond donors (Lipinski definition) is 2. The maximum atomic E-state index is 13.3. The van der Waals surface area contributed by atoms with Crippen LogP contribution in [0, 0.1) is 5.92 Å². The van der Waals surface area contributed by atoms with Crippen LogP contribution in [0.25, 0.3) is 16.9 Å². The molecule has 7 heterocycles. The molecule has 11 nitrogen and oxygen atoms in total. The molecule has 224 valence electrons. The minimum Gasteiger partial charge on any atom is -0.384 e. The highest BCUT2D eigenvalue weighted by Gasteiger charge is 2.50. The van der Waals surface area contributed by atoms with Crippen LogP contribution in [0.3, 0.4) is 0 Å². The fourth-order valence-electron chi connectivity index (χ4n) is 6.87. The van der Waals surface area contributed by atoms with Crippen molar-refractivity contribution in [2.24, 2.45) is 5.92 Å². The van der Waals surface area contributed by atoms with E-state index in [0.717, 1.165) is 31.9 Å². The third-order valence-electron chi connectivity index (χ3n) is 9.08. The molecule has 0 aliphatic carbocycles. The number of piperidine rings is 3. The van der Waals surface area contributed by atoms with Crippen molar-refractivity contribution in [1.29, 1.82) is 0 Å². The molecular weight excluding hydrogens is 544 g/mol. The van der Waals surface area contributed by atoms with Crippen LogP contribution >= 0.6 is 0 Å². The number of nitrogens with one attached hydrogen (secondary N) is 1. The van der Waals surface area contributed by atoms with Crippen LogP contribution < -0.4 is 15.8 Å². The fraction of sp³-hybridized carbons (Fsp3) is 0.438. The van der Waals surface area contributed by atoms with E-state index in [-0.39, 0.29) is 17.7 Å². The van der Waals surface area contributed by atoms with Gasteiger partial charge in [-0.1, -0.05) is 12.1 Å². The highest BCUT2D eigenvalue weighted by Crippen LogP contribution is 2.41. The number of morpholine rings is 1. The first-order valence-corrected chi connectivity index (χ1v) is 15.0. The van der Waals surface area contributed by atoms with Gasteiger partial charge in [-0.05, 0) is 82.1 Å². The Morgan fingerprint density at radius 2 is 1.91 bits per heavy atom. The van der Waals surface area contributed by atoms with Crippen LogP contribution in [0.1, 0.15) is 32.4 Å². The van der Waals surface area contributed by atoms with E-state index >= 15 is 0 Å². The van der Waals surface area contributed by atoms with Crippen molar-refractivity contribution < 1.29 is 9.84 Å². The van der Waals surface area contributed by atoms with E-state index in [2.05, 4.69) is 43.8 Å². The Hall–Kier alpha value is -4.06. The quantitative estimate of drug-likeness (QED) is 0.317. The smallest absolute Gasteiger partial charge is 0.278 e. The maximum absolute atomic E-state index is 13.3. The number of fused-ring (bicyclic) bond motifs is 3. The predicted molar refractivity (Wildman–Crippen MR) is 166 cm³/mol. The highest BCUT2D eigenvalue weighted by molar-refractivity contribution is 5.77. The number of rotatable bonds is 7. The lowest BCUT2D eigenvalue weighted by atomic mass is 9.74. The van der Waals surface area contributed by atoms with Crippen LogP contribution in [0.4, 0.5) is 17.3 Å². The number of pyridine rings is 1. The SMILES string of the molecule is C=CCn1c(=O)c2cnc(Nc3ccc(N4CCOC5(CN6CCC5CC6)C4)cc3)nc2n1-c1cccc(C(C)(C)O)n1. The van der Waals surface area contributed by atoms with Crippen molar-refractivity contribution in [3.05, 3.63) is 77.4 Å². The van der Waals surface area contributed by atoms with Gasteiger partial charge in [0.2, 0.25) is 5.95 Å².